The van der Waals surface area contributed by atoms with E-state index >= 15 is 0 Å². The molecular weight excluding hydrogens is 412 g/mol. The van der Waals surface area contributed by atoms with Gasteiger partial charge in [0.2, 0.25) is 5.96 Å². The van der Waals surface area contributed by atoms with Crippen molar-refractivity contribution in [3.05, 3.63) is 66.0 Å². The number of thiocarbonyl (C=S) groups is 1. The predicted molar refractivity (Wildman–Crippen MR) is 124 cm³/mol. The average Bonchev–Trinajstić information content (AvgIpc) is 3.26. The van der Waals surface area contributed by atoms with Crippen LogP contribution in [-0.2, 0) is 4.74 Å². The normalized spacial score (nSPS) is 17.4. The maximum atomic E-state index is 9.97. The highest BCUT2D eigenvalue weighted by molar-refractivity contribution is 7.81. The van der Waals surface area contributed by atoms with Crippen molar-refractivity contribution in [1.82, 2.24) is 10.3 Å². The Balaban J connectivity index is 1.66. The first-order valence-electron chi connectivity index (χ1n) is 9.82. The van der Waals surface area contributed by atoms with Crippen molar-refractivity contribution >= 4 is 34.5 Å². The van der Waals surface area contributed by atoms with E-state index in [4.69, 9.17) is 21.7 Å². The van der Waals surface area contributed by atoms with E-state index in [1.165, 1.54) is 0 Å². The van der Waals surface area contributed by atoms with E-state index in [0.29, 0.717) is 48.6 Å². The van der Waals surface area contributed by atoms with Crippen LogP contribution in [0.2, 0.25) is 0 Å². The number of ether oxygens (including phenoxy) is 2. The Morgan fingerprint density at radius 2 is 1.87 bits per heavy atom. The zero-order valence-corrected chi connectivity index (χ0v) is 17.9. The van der Waals surface area contributed by atoms with Gasteiger partial charge in [0, 0.05) is 18.8 Å². The van der Waals surface area contributed by atoms with Crippen molar-refractivity contribution < 1.29 is 9.47 Å². The van der Waals surface area contributed by atoms with Gasteiger partial charge in [0.25, 0.3) is 0 Å². The van der Waals surface area contributed by atoms with Gasteiger partial charge >= 0.3 is 0 Å². The molecule has 0 aromatic heterocycles. The van der Waals surface area contributed by atoms with E-state index in [1.807, 2.05) is 59.5 Å². The van der Waals surface area contributed by atoms with E-state index in [1.54, 1.807) is 7.11 Å². The Bertz CT molecular complexity index is 1040. The third-order valence-electron chi connectivity index (χ3n) is 4.92. The molecule has 2 aliphatic heterocycles. The maximum absolute atomic E-state index is 9.97. The molecule has 0 bridgehead atoms. The molecule has 2 aliphatic rings. The van der Waals surface area contributed by atoms with Crippen LogP contribution in [0.5, 0.6) is 5.75 Å². The molecule has 2 heterocycles. The van der Waals surface area contributed by atoms with E-state index in [2.05, 4.69) is 26.8 Å². The van der Waals surface area contributed by atoms with Crippen molar-refractivity contribution in [1.29, 1.82) is 5.26 Å². The van der Waals surface area contributed by atoms with Gasteiger partial charge in [-0.2, -0.15) is 5.26 Å². The molecule has 0 saturated carbocycles. The lowest BCUT2D eigenvalue weighted by atomic mass is 10.2. The number of benzene rings is 2. The van der Waals surface area contributed by atoms with Crippen LogP contribution in [0.1, 0.15) is 0 Å². The maximum Gasteiger partial charge on any atom is 0.229 e. The van der Waals surface area contributed by atoms with Gasteiger partial charge in [-0.15, -0.1) is 5.10 Å². The Kier molecular flexibility index (Phi) is 6.31. The molecule has 158 valence electrons. The third-order valence-corrected chi connectivity index (χ3v) is 5.22. The smallest absolute Gasteiger partial charge is 0.229 e. The van der Waals surface area contributed by atoms with Gasteiger partial charge in [0.15, 0.2) is 5.82 Å². The number of rotatable bonds is 4. The fourth-order valence-electron chi connectivity index (χ4n) is 3.35. The van der Waals surface area contributed by atoms with Crippen molar-refractivity contribution in [3.63, 3.8) is 0 Å². The summed E-state index contributed by atoms with van der Waals surface area (Å²) in [6, 6.07) is 19.4. The van der Waals surface area contributed by atoms with Crippen molar-refractivity contribution in [2.24, 2.45) is 5.10 Å². The van der Waals surface area contributed by atoms with Crippen LogP contribution in [0.25, 0.3) is 0 Å². The van der Waals surface area contributed by atoms with Gasteiger partial charge in [0.1, 0.15) is 22.4 Å². The molecule has 2 aromatic carbocycles. The summed E-state index contributed by atoms with van der Waals surface area (Å²) in [5, 5.41) is 17.6. The van der Waals surface area contributed by atoms with Gasteiger partial charge in [-0.05, 0) is 36.4 Å². The third kappa shape index (κ3) is 4.45. The summed E-state index contributed by atoms with van der Waals surface area (Å²) in [5.41, 5.74) is 4.97. The number of nitriles is 1. The minimum absolute atomic E-state index is 0.293. The van der Waals surface area contributed by atoms with Crippen LogP contribution >= 0.6 is 12.2 Å². The summed E-state index contributed by atoms with van der Waals surface area (Å²) in [6.07, 6.45) is 0. The number of hydrogen-bond acceptors (Lipinski definition) is 8. The first-order chi connectivity index (χ1) is 15.2. The van der Waals surface area contributed by atoms with E-state index in [9.17, 15) is 5.26 Å². The second-order valence-electron chi connectivity index (χ2n) is 6.81. The average molecular weight is 435 g/mol. The van der Waals surface area contributed by atoms with Crippen LogP contribution in [0, 0.1) is 11.3 Å². The van der Waals surface area contributed by atoms with Gasteiger partial charge in [-0.1, -0.05) is 30.4 Å². The molecule has 0 unspecified atom stereocenters. The fraction of sp³-hybridized carbons (Fsp3) is 0.227. The molecule has 9 heteroatoms. The second kappa shape index (κ2) is 9.47. The molecule has 8 nitrogen and oxygen atoms in total. The summed E-state index contributed by atoms with van der Waals surface area (Å²) in [6.45, 7) is 2.69. The van der Waals surface area contributed by atoms with Crippen molar-refractivity contribution in [3.8, 4) is 11.8 Å². The van der Waals surface area contributed by atoms with Crippen LogP contribution in [-0.4, -0.2) is 49.3 Å². The number of morpholine rings is 1. The number of methoxy groups -OCH3 is 1. The lowest BCUT2D eigenvalue weighted by molar-refractivity contribution is 0.0676. The Labute approximate surface area is 186 Å². The molecule has 0 radical (unpaired) electrons. The highest BCUT2D eigenvalue weighted by Crippen LogP contribution is 2.26. The van der Waals surface area contributed by atoms with Crippen LogP contribution in [0.4, 0.5) is 11.4 Å². The second-order valence-corrected chi connectivity index (χ2v) is 7.22. The molecule has 1 saturated heterocycles. The summed E-state index contributed by atoms with van der Waals surface area (Å²) in [4.78, 5) is 4.35. The zero-order chi connectivity index (χ0) is 21.6. The molecule has 2 aromatic rings. The number of nitrogens with zero attached hydrogens (tertiary/aromatic N) is 4. The standard InChI is InChI=1S/C22H22N6O2S/c1-29-18-9-7-16(8-10-18)24-21(31)19(15-23)20-25-26-22(27-11-13-30-14-12-27)28(20)17-5-3-2-4-6-17/h2-10,25H,11-14H2,1H3,(H,24,31). The first kappa shape index (κ1) is 20.7. The molecule has 4 rings (SSSR count). The summed E-state index contributed by atoms with van der Waals surface area (Å²) >= 11 is 5.58. The molecule has 0 atom stereocenters. The lowest BCUT2D eigenvalue weighted by Gasteiger charge is -2.33. The molecule has 0 aliphatic carbocycles. The van der Waals surface area contributed by atoms with Gasteiger partial charge in [-0.25, -0.2) is 0 Å². The summed E-state index contributed by atoms with van der Waals surface area (Å²) in [5.74, 6) is 1.97. The molecule has 1 fully saturated rings. The molecular formula is C22H22N6O2S. The van der Waals surface area contributed by atoms with E-state index in [0.717, 1.165) is 17.1 Å². The highest BCUT2D eigenvalue weighted by Gasteiger charge is 2.32. The Morgan fingerprint density at radius 1 is 1.16 bits per heavy atom. The quantitative estimate of drug-likeness (QED) is 0.432. The summed E-state index contributed by atoms with van der Waals surface area (Å²) in [7, 11) is 1.61. The van der Waals surface area contributed by atoms with E-state index in [-0.39, 0.29) is 0 Å². The Hall–Kier alpha value is -3.61. The SMILES string of the molecule is COc1ccc(NC(=S)C(C#N)=C2NN=C(N3CCOCC3)N2c2ccccc2)cc1. The Morgan fingerprint density at radius 3 is 2.52 bits per heavy atom. The largest absolute Gasteiger partial charge is 0.497 e. The number of para-hydroxylation sites is 1. The van der Waals surface area contributed by atoms with Crippen LogP contribution in [0.3, 0.4) is 0 Å². The minimum atomic E-state index is 0.293. The van der Waals surface area contributed by atoms with Gasteiger partial charge in [-0.3, -0.25) is 10.3 Å². The molecule has 0 spiro atoms. The predicted octanol–water partition coefficient (Wildman–Crippen LogP) is 2.88. The monoisotopic (exact) mass is 434 g/mol. The van der Waals surface area contributed by atoms with E-state index < -0.39 is 0 Å². The molecule has 31 heavy (non-hydrogen) atoms. The number of anilines is 2. The van der Waals surface area contributed by atoms with Crippen LogP contribution < -0.4 is 20.4 Å². The van der Waals surface area contributed by atoms with Gasteiger partial charge in [0.05, 0.1) is 26.0 Å². The minimum Gasteiger partial charge on any atom is -0.497 e. The van der Waals surface area contributed by atoms with Crippen molar-refractivity contribution in [2.45, 2.75) is 0 Å². The number of nitrogens with one attached hydrogen (secondary N) is 2. The van der Waals surface area contributed by atoms with Crippen LogP contribution in [0.15, 0.2) is 71.1 Å². The van der Waals surface area contributed by atoms with Crippen molar-refractivity contribution in [2.75, 3.05) is 43.6 Å². The number of hydrazone groups is 1. The number of guanidine groups is 1. The first-order valence-corrected chi connectivity index (χ1v) is 10.2. The van der Waals surface area contributed by atoms with Gasteiger partial charge < -0.3 is 19.7 Å². The lowest BCUT2D eigenvalue weighted by Crippen LogP contribution is -2.47. The molecule has 2 N–H and O–H groups in total. The highest BCUT2D eigenvalue weighted by atomic mass is 32.1. The summed E-state index contributed by atoms with van der Waals surface area (Å²) < 4.78 is 10.7. The zero-order valence-electron chi connectivity index (χ0n) is 17.0. The fourth-order valence-corrected chi connectivity index (χ4v) is 3.61. The molecule has 0 amide bonds. The number of hydrogen-bond donors (Lipinski definition) is 2. The topological polar surface area (TPSA) is 85.1 Å².